The van der Waals surface area contributed by atoms with Gasteiger partial charge in [0.15, 0.2) is 0 Å². The molecule has 0 aromatic heterocycles. The van der Waals surface area contributed by atoms with Crippen molar-refractivity contribution in [1.29, 1.82) is 0 Å². The summed E-state index contributed by atoms with van der Waals surface area (Å²) in [5.41, 5.74) is 6.94. The first kappa shape index (κ1) is 14.4. The molecule has 0 aliphatic rings. The summed E-state index contributed by atoms with van der Waals surface area (Å²) < 4.78 is 30.6. The molecular weight excluding hydrogens is 302 g/mol. The Morgan fingerprint density at radius 2 is 1.70 bits per heavy atom. The first-order valence-electron chi connectivity index (χ1n) is 5.40. The van der Waals surface area contributed by atoms with Gasteiger partial charge in [0.05, 0.1) is 15.6 Å². The topological polar surface area (TPSA) is 105 Å². The molecule has 0 aliphatic heterocycles. The Labute approximate surface area is 120 Å². The van der Waals surface area contributed by atoms with Crippen molar-refractivity contribution < 1.29 is 13.0 Å². The second kappa shape index (κ2) is 5.58. The number of hydrogen-bond donors (Lipinski definition) is 2. The minimum absolute atomic E-state index is 0.207. The molecule has 0 atom stereocenters. The second-order valence-corrected chi connectivity index (χ2v) is 5.71. The maximum atomic E-state index is 10.9. The fraction of sp³-hybridized carbons (Fsp3) is 0. The summed E-state index contributed by atoms with van der Waals surface area (Å²) in [5, 5.41) is 8.21. The van der Waals surface area contributed by atoms with Gasteiger partial charge in [-0.2, -0.15) is 13.5 Å². The third-order valence-electron chi connectivity index (χ3n) is 2.38. The summed E-state index contributed by atoms with van der Waals surface area (Å²) in [6.07, 6.45) is 0. The van der Waals surface area contributed by atoms with Crippen LogP contribution in [0.25, 0.3) is 0 Å². The fourth-order valence-electron chi connectivity index (χ4n) is 1.40. The highest BCUT2D eigenvalue weighted by molar-refractivity contribution is 7.85. The van der Waals surface area contributed by atoms with Crippen LogP contribution in [0, 0.1) is 0 Å². The van der Waals surface area contributed by atoms with E-state index in [1.54, 1.807) is 18.2 Å². The average molecular weight is 312 g/mol. The van der Waals surface area contributed by atoms with Crippen LogP contribution in [0.4, 0.5) is 17.1 Å². The summed E-state index contributed by atoms with van der Waals surface area (Å²) >= 11 is 5.93. The van der Waals surface area contributed by atoms with E-state index >= 15 is 0 Å². The molecule has 2 rings (SSSR count). The number of nitrogen functional groups attached to an aromatic ring is 1. The molecule has 0 bridgehead atoms. The lowest BCUT2D eigenvalue weighted by atomic mass is 10.3. The maximum Gasteiger partial charge on any atom is 0.294 e. The predicted molar refractivity (Wildman–Crippen MR) is 76.3 cm³/mol. The van der Waals surface area contributed by atoms with E-state index in [0.29, 0.717) is 22.1 Å². The van der Waals surface area contributed by atoms with Crippen molar-refractivity contribution in [1.82, 2.24) is 0 Å². The van der Waals surface area contributed by atoms with Gasteiger partial charge in [0.1, 0.15) is 5.69 Å². The first-order valence-corrected chi connectivity index (χ1v) is 7.22. The standard InChI is InChI=1S/C12H10ClN3O3S/c13-11-7-8(14)1-6-12(11)16-15-9-2-4-10(5-3-9)20(17,18)19/h1-7H,14H2,(H,17,18,19)/b16-15+. The number of halogens is 1. The zero-order valence-electron chi connectivity index (χ0n) is 10.1. The second-order valence-electron chi connectivity index (χ2n) is 3.88. The minimum atomic E-state index is -4.21. The quantitative estimate of drug-likeness (QED) is 0.513. The highest BCUT2D eigenvalue weighted by Gasteiger charge is 2.08. The molecule has 0 saturated heterocycles. The normalized spacial score (nSPS) is 11.9. The lowest BCUT2D eigenvalue weighted by molar-refractivity contribution is 0.483. The number of azo groups is 1. The van der Waals surface area contributed by atoms with Crippen LogP contribution >= 0.6 is 11.6 Å². The number of nitrogens with two attached hydrogens (primary N) is 1. The molecule has 2 aromatic carbocycles. The molecule has 0 saturated carbocycles. The Kier molecular flexibility index (Phi) is 4.03. The fourth-order valence-corrected chi connectivity index (χ4v) is 2.11. The van der Waals surface area contributed by atoms with Gasteiger partial charge in [0.25, 0.3) is 10.1 Å². The largest absolute Gasteiger partial charge is 0.399 e. The Morgan fingerprint density at radius 3 is 2.25 bits per heavy atom. The van der Waals surface area contributed by atoms with Crippen LogP contribution in [0.2, 0.25) is 5.02 Å². The van der Waals surface area contributed by atoms with Gasteiger partial charge in [0.2, 0.25) is 0 Å². The molecule has 2 aromatic rings. The smallest absolute Gasteiger partial charge is 0.294 e. The van der Waals surface area contributed by atoms with Crippen LogP contribution in [-0.4, -0.2) is 13.0 Å². The van der Waals surface area contributed by atoms with Crippen LogP contribution in [0.3, 0.4) is 0 Å². The number of anilines is 1. The number of benzene rings is 2. The van der Waals surface area contributed by atoms with Crippen molar-refractivity contribution >= 4 is 38.8 Å². The third-order valence-corrected chi connectivity index (χ3v) is 3.55. The van der Waals surface area contributed by atoms with E-state index in [1.165, 1.54) is 24.3 Å². The monoisotopic (exact) mass is 311 g/mol. The van der Waals surface area contributed by atoms with Gasteiger partial charge in [-0.15, -0.1) is 5.11 Å². The van der Waals surface area contributed by atoms with Gasteiger partial charge in [0, 0.05) is 5.69 Å². The molecular formula is C12H10ClN3O3S. The Hall–Kier alpha value is -1.96. The molecule has 0 spiro atoms. The lowest BCUT2D eigenvalue weighted by Crippen LogP contribution is -1.96. The third kappa shape index (κ3) is 3.53. The molecule has 104 valence electrons. The highest BCUT2D eigenvalue weighted by atomic mass is 35.5. The first-order chi connectivity index (χ1) is 9.36. The molecule has 8 heteroatoms. The molecule has 0 heterocycles. The van der Waals surface area contributed by atoms with Crippen molar-refractivity contribution in [3.8, 4) is 0 Å². The van der Waals surface area contributed by atoms with Gasteiger partial charge >= 0.3 is 0 Å². The number of nitrogens with zero attached hydrogens (tertiary/aromatic N) is 2. The van der Waals surface area contributed by atoms with Crippen LogP contribution in [0.5, 0.6) is 0 Å². The van der Waals surface area contributed by atoms with E-state index in [0.717, 1.165) is 0 Å². The maximum absolute atomic E-state index is 10.9. The van der Waals surface area contributed by atoms with E-state index in [1.807, 2.05) is 0 Å². The molecule has 0 unspecified atom stereocenters. The molecule has 0 aliphatic carbocycles. The van der Waals surface area contributed by atoms with E-state index in [4.69, 9.17) is 21.9 Å². The number of rotatable bonds is 3. The van der Waals surface area contributed by atoms with Crippen molar-refractivity contribution in [2.75, 3.05) is 5.73 Å². The van der Waals surface area contributed by atoms with Gasteiger partial charge in [-0.25, -0.2) is 0 Å². The van der Waals surface area contributed by atoms with Gasteiger partial charge in [-0.1, -0.05) is 11.6 Å². The molecule has 6 nitrogen and oxygen atoms in total. The lowest BCUT2D eigenvalue weighted by Gasteiger charge is -1.99. The zero-order valence-corrected chi connectivity index (χ0v) is 11.6. The highest BCUT2D eigenvalue weighted by Crippen LogP contribution is 2.28. The summed E-state index contributed by atoms with van der Waals surface area (Å²) in [6, 6.07) is 10.1. The summed E-state index contributed by atoms with van der Waals surface area (Å²) in [5.74, 6) is 0. The van der Waals surface area contributed by atoms with Crippen LogP contribution in [0.1, 0.15) is 0 Å². The summed E-state index contributed by atoms with van der Waals surface area (Å²) in [6.45, 7) is 0. The summed E-state index contributed by atoms with van der Waals surface area (Å²) in [7, 11) is -4.21. The molecule has 0 amide bonds. The molecule has 20 heavy (non-hydrogen) atoms. The van der Waals surface area contributed by atoms with Crippen LogP contribution < -0.4 is 5.73 Å². The predicted octanol–water partition coefficient (Wildman–Crippen LogP) is 3.58. The van der Waals surface area contributed by atoms with Gasteiger partial charge in [-0.3, -0.25) is 4.55 Å². The van der Waals surface area contributed by atoms with Crippen molar-refractivity contribution in [2.24, 2.45) is 10.2 Å². The van der Waals surface area contributed by atoms with Gasteiger partial charge in [-0.05, 0) is 42.5 Å². The van der Waals surface area contributed by atoms with Crippen molar-refractivity contribution in [3.63, 3.8) is 0 Å². The average Bonchev–Trinajstić information content (AvgIpc) is 2.37. The minimum Gasteiger partial charge on any atom is -0.399 e. The Bertz CT molecular complexity index is 758. The number of hydrogen-bond acceptors (Lipinski definition) is 5. The molecule has 0 radical (unpaired) electrons. The van der Waals surface area contributed by atoms with E-state index < -0.39 is 10.1 Å². The molecule has 3 N–H and O–H groups in total. The van der Waals surface area contributed by atoms with Crippen molar-refractivity contribution in [3.05, 3.63) is 47.5 Å². The van der Waals surface area contributed by atoms with Gasteiger partial charge < -0.3 is 5.73 Å². The molecule has 0 fully saturated rings. The van der Waals surface area contributed by atoms with E-state index in [9.17, 15) is 8.42 Å². The zero-order chi connectivity index (χ0) is 14.8. The van der Waals surface area contributed by atoms with E-state index in [2.05, 4.69) is 10.2 Å². The Balaban J connectivity index is 2.24. The van der Waals surface area contributed by atoms with Crippen molar-refractivity contribution in [2.45, 2.75) is 4.90 Å². The summed E-state index contributed by atoms with van der Waals surface area (Å²) in [4.78, 5) is -0.207. The Morgan fingerprint density at radius 1 is 1.05 bits per heavy atom. The SMILES string of the molecule is Nc1ccc(/N=N/c2ccc(S(=O)(=O)O)cc2)c(Cl)c1. The van der Waals surface area contributed by atoms with Crippen LogP contribution in [-0.2, 0) is 10.1 Å². The van der Waals surface area contributed by atoms with Crippen LogP contribution in [0.15, 0.2) is 57.6 Å². The van der Waals surface area contributed by atoms with E-state index in [-0.39, 0.29) is 4.90 Å².